The van der Waals surface area contributed by atoms with Gasteiger partial charge in [0.2, 0.25) is 0 Å². The number of fused-ring (bicyclic) bond motifs is 1. The summed E-state index contributed by atoms with van der Waals surface area (Å²) in [6, 6.07) is 3.74. The van der Waals surface area contributed by atoms with Crippen molar-refractivity contribution in [2.24, 2.45) is 0 Å². The molecular weight excluding hydrogens is 499 g/mol. The Morgan fingerprint density at radius 3 is 2.85 bits per heavy atom. The minimum atomic E-state index is -0.345. The minimum Gasteiger partial charge on any atom is -0.493 e. The second-order valence-electron chi connectivity index (χ2n) is 8.34. The Labute approximate surface area is 208 Å². The van der Waals surface area contributed by atoms with E-state index in [1.54, 1.807) is 13.2 Å². The molecule has 0 radical (unpaired) electrons. The van der Waals surface area contributed by atoms with E-state index in [0.29, 0.717) is 40.4 Å². The van der Waals surface area contributed by atoms with E-state index in [1.165, 1.54) is 44.8 Å². The summed E-state index contributed by atoms with van der Waals surface area (Å²) in [6.45, 7) is 4.28. The van der Waals surface area contributed by atoms with Gasteiger partial charge in [0.25, 0.3) is 0 Å². The standard InChI is InChI=1S/C26H30BrFN4O2/c1-33-24-15-21-23(16-25(24)34-13-7-12-32-10-5-2-6-11-32)30-18-31-26(21)29-17-19-8-3-4-9-20(27)14-22(19)28/h3,9,14-16,18H,2,4-7,10-13,17H2,1H3,(H,29,30,31)/b20-9+,22-14+. The van der Waals surface area contributed by atoms with E-state index >= 15 is 0 Å². The third-order valence-electron chi connectivity index (χ3n) is 5.94. The number of rotatable bonds is 9. The summed E-state index contributed by atoms with van der Waals surface area (Å²) in [5.74, 6) is 1.53. The van der Waals surface area contributed by atoms with Crippen LogP contribution in [0.25, 0.3) is 10.9 Å². The molecule has 6 nitrogen and oxygen atoms in total. The molecule has 2 heterocycles. The van der Waals surface area contributed by atoms with E-state index in [1.807, 2.05) is 18.2 Å². The molecule has 0 saturated carbocycles. The summed E-state index contributed by atoms with van der Waals surface area (Å²) < 4.78 is 26.9. The van der Waals surface area contributed by atoms with Crippen molar-refractivity contribution >= 4 is 32.7 Å². The molecule has 0 unspecified atom stereocenters. The number of hydrogen-bond acceptors (Lipinski definition) is 6. The summed E-state index contributed by atoms with van der Waals surface area (Å²) >= 11 is 3.35. The van der Waals surface area contributed by atoms with E-state index in [9.17, 15) is 4.39 Å². The highest BCUT2D eigenvalue weighted by Crippen LogP contribution is 2.34. The molecule has 4 rings (SSSR count). The summed E-state index contributed by atoms with van der Waals surface area (Å²) in [7, 11) is 1.62. The van der Waals surface area contributed by atoms with Crippen LogP contribution in [0, 0.1) is 0 Å². The van der Waals surface area contributed by atoms with Crippen LogP contribution in [0.15, 0.2) is 58.3 Å². The Balaban J connectivity index is 1.45. The normalized spacial score (nSPS) is 19.9. The SMILES string of the molecule is COc1cc2c(NCC3=C=CC/C=C(Br)\C=C/3F)ncnc2cc1OCCCN1CCCCC1. The first-order valence-electron chi connectivity index (χ1n) is 11.7. The molecule has 1 aromatic heterocycles. The first kappa shape index (κ1) is 24.5. The van der Waals surface area contributed by atoms with Crippen LogP contribution in [-0.2, 0) is 0 Å². The van der Waals surface area contributed by atoms with Gasteiger partial charge in [-0.05, 0) is 57.0 Å². The van der Waals surface area contributed by atoms with Crippen LogP contribution >= 0.6 is 15.9 Å². The quantitative estimate of drug-likeness (QED) is 0.322. The number of benzene rings is 1. The molecule has 34 heavy (non-hydrogen) atoms. The van der Waals surface area contributed by atoms with Gasteiger partial charge in [0.1, 0.15) is 18.0 Å². The number of piperidine rings is 1. The summed E-state index contributed by atoms with van der Waals surface area (Å²) in [6.07, 6.45) is 12.2. The first-order valence-corrected chi connectivity index (χ1v) is 12.5. The topological polar surface area (TPSA) is 59.5 Å². The zero-order chi connectivity index (χ0) is 23.8. The number of methoxy groups -OCH3 is 1. The smallest absolute Gasteiger partial charge is 0.163 e. The summed E-state index contributed by atoms with van der Waals surface area (Å²) in [4.78, 5) is 11.3. The lowest BCUT2D eigenvalue weighted by molar-refractivity contribution is 0.203. The average Bonchev–Trinajstić information content (AvgIpc) is 2.85. The maximum atomic E-state index is 14.6. The average molecular weight is 529 g/mol. The van der Waals surface area contributed by atoms with Crippen molar-refractivity contribution in [1.82, 2.24) is 14.9 Å². The van der Waals surface area contributed by atoms with Gasteiger partial charge >= 0.3 is 0 Å². The van der Waals surface area contributed by atoms with Gasteiger partial charge in [-0.3, -0.25) is 0 Å². The molecule has 1 N–H and O–H groups in total. The van der Waals surface area contributed by atoms with Gasteiger partial charge in [0.15, 0.2) is 11.5 Å². The number of aromatic nitrogens is 2. The highest BCUT2D eigenvalue weighted by atomic mass is 79.9. The largest absolute Gasteiger partial charge is 0.493 e. The molecule has 0 atom stereocenters. The van der Waals surface area contributed by atoms with Gasteiger partial charge in [0.05, 0.1) is 25.8 Å². The van der Waals surface area contributed by atoms with Crippen molar-refractivity contribution < 1.29 is 13.9 Å². The number of halogens is 2. The van der Waals surface area contributed by atoms with Crippen molar-refractivity contribution in [2.75, 3.05) is 45.2 Å². The second-order valence-corrected chi connectivity index (χ2v) is 9.26. The van der Waals surface area contributed by atoms with E-state index < -0.39 is 0 Å². The van der Waals surface area contributed by atoms with Gasteiger partial charge < -0.3 is 19.7 Å². The van der Waals surface area contributed by atoms with Crippen molar-refractivity contribution in [3.63, 3.8) is 0 Å². The van der Waals surface area contributed by atoms with Gasteiger partial charge in [-0.25, -0.2) is 14.4 Å². The number of ether oxygens (including phenoxy) is 2. The van der Waals surface area contributed by atoms with Crippen molar-refractivity contribution in [3.8, 4) is 11.5 Å². The van der Waals surface area contributed by atoms with Crippen molar-refractivity contribution in [3.05, 3.63) is 58.3 Å². The number of hydrogen-bond donors (Lipinski definition) is 1. The Morgan fingerprint density at radius 2 is 2.03 bits per heavy atom. The minimum absolute atomic E-state index is 0.238. The van der Waals surface area contributed by atoms with E-state index in [2.05, 4.69) is 41.8 Å². The number of anilines is 1. The summed E-state index contributed by atoms with van der Waals surface area (Å²) in [5.41, 5.74) is 4.18. The predicted molar refractivity (Wildman–Crippen MR) is 137 cm³/mol. The fourth-order valence-electron chi connectivity index (χ4n) is 4.13. The van der Waals surface area contributed by atoms with Crippen molar-refractivity contribution in [1.29, 1.82) is 0 Å². The molecule has 0 spiro atoms. The molecule has 0 bridgehead atoms. The van der Waals surface area contributed by atoms with Crippen LogP contribution in [0.3, 0.4) is 0 Å². The third kappa shape index (κ3) is 6.47. The van der Waals surface area contributed by atoms with Crippen LogP contribution in [0.4, 0.5) is 10.2 Å². The zero-order valence-corrected chi connectivity index (χ0v) is 21.0. The van der Waals surface area contributed by atoms with Crippen LogP contribution < -0.4 is 14.8 Å². The molecule has 1 saturated heterocycles. The Hall–Kier alpha value is -2.67. The molecule has 180 valence electrons. The molecule has 0 amide bonds. The molecule has 2 aliphatic rings. The first-order chi connectivity index (χ1) is 16.6. The number of allylic oxidation sites excluding steroid dienone is 3. The fourth-order valence-corrected chi connectivity index (χ4v) is 4.52. The van der Waals surface area contributed by atoms with Crippen LogP contribution in [0.2, 0.25) is 0 Å². The molecule has 1 fully saturated rings. The van der Waals surface area contributed by atoms with E-state index in [-0.39, 0.29) is 12.4 Å². The lowest BCUT2D eigenvalue weighted by atomic mass is 10.1. The Bertz CT molecular complexity index is 1140. The zero-order valence-electron chi connectivity index (χ0n) is 19.4. The number of nitrogens with one attached hydrogen (secondary N) is 1. The number of likely N-dealkylation sites (tertiary alicyclic amines) is 1. The maximum absolute atomic E-state index is 14.6. The Morgan fingerprint density at radius 1 is 1.18 bits per heavy atom. The predicted octanol–water partition coefficient (Wildman–Crippen LogP) is 5.92. The van der Waals surface area contributed by atoms with Gasteiger partial charge in [-0.15, -0.1) is 5.73 Å². The second kappa shape index (κ2) is 12.2. The van der Waals surface area contributed by atoms with Crippen LogP contribution in [0.5, 0.6) is 11.5 Å². The maximum Gasteiger partial charge on any atom is 0.163 e. The monoisotopic (exact) mass is 528 g/mol. The fraction of sp³-hybridized carbons (Fsp3) is 0.423. The summed E-state index contributed by atoms with van der Waals surface area (Å²) in [5, 5.41) is 4.00. The molecule has 8 heteroatoms. The lowest BCUT2D eigenvalue weighted by Crippen LogP contribution is -2.31. The molecule has 1 aliphatic carbocycles. The molecular formula is C26H30BrFN4O2. The molecule has 2 aromatic rings. The molecule has 1 aromatic carbocycles. The lowest BCUT2D eigenvalue weighted by Gasteiger charge is -2.26. The van der Waals surface area contributed by atoms with Gasteiger partial charge in [-0.2, -0.15) is 0 Å². The van der Waals surface area contributed by atoms with Gasteiger partial charge in [-0.1, -0.05) is 28.4 Å². The highest BCUT2D eigenvalue weighted by Gasteiger charge is 2.14. The molecule has 1 aliphatic heterocycles. The highest BCUT2D eigenvalue weighted by molar-refractivity contribution is 9.11. The van der Waals surface area contributed by atoms with E-state index in [4.69, 9.17) is 9.47 Å². The van der Waals surface area contributed by atoms with Crippen LogP contribution in [-0.4, -0.2) is 54.8 Å². The third-order valence-corrected chi connectivity index (χ3v) is 6.49. The van der Waals surface area contributed by atoms with Crippen LogP contribution in [0.1, 0.15) is 32.1 Å². The Kier molecular flexibility index (Phi) is 8.74. The van der Waals surface area contributed by atoms with Crippen molar-refractivity contribution in [2.45, 2.75) is 32.1 Å². The van der Waals surface area contributed by atoms with E-state index in [0.717, 1.165) is 23.9 Å². The number of nitrogens with zero attached hydrogens (tertiary/aromatic N) is 3. The van der Waals surface area contributed by atoms with Gasteiger partial charge in [0, 0.05) is 28.1 Å².